The Morgan fingerprint density at radius 1 is 0.896 bits per heavy atom. The Hall–Kier alpha value is -4.44. The molecule has 0 spiro atoms. The van der Waals surface area contributed by atoms with Crippen LogP contribution in [0.4, 0.5) is 0 Å². The number of aromatic nitrogens is 1. The van der Waals surface area contributed by atoms with Crippen molar-refractivity contribution < 1.29 is 33.4 Å². The van der Waals surface area contributed by atoms with Crippen LogP contribution in [0.15, 0.2) is 66.9 Å². The monoisotopic (exact) mass is 661 g/mol. The minimum Gasteiger partial charge on any atom is -0.461 e. The normalized spacial score (nSPS) is 16.8. The quantitative estimate of drug-likeness (QED) is 0.166. The number of ether oxygens (including phenoxy) is 3. The van der Waals surface area contributed by atoms with Gasteiger partial charge in [-0.1, -0.05) is 44.9 Å². The average Bonchev–Trinajstić information content (AvgIpc) is 3.49. The summed E-state index contributed by atoms with van der Waals surface area (Å²) in [5, 5.41) is 1.34. The van der Waals surface area contributed by atoms with Gasteiger partial charge < -0.3 is 24.1 Å². The summed E-state index contributed by atoms with van der Waals surface area (Å²) >= 11 is 0. The van der Waals surface area contributed by atoms with Crippen molar-refractivity contribution in [1.29, 1.82) is 0 Å². The third-order valence-electron chi connectivity index (χ3n) is 8.98. The van der Waals surface area contributed by atoms with Crippen LogP contribution in [0.3, 0.4) is 0 Å². The van der Waals surface area contributed by atoms with Crippen LogP contribution in [0, 0.1) is 11.3 Å². The molecule has 1 N–H and O–H groups in total. The molecule has 0 bridgehead atoms. The number of carbonyl (C=O) groups is 4. The number of hydrogen-bond acceptors (Lipinski definition) is 8. The van der Waals surface area contributed by atoms with Crippen molar-refractivity contribution in [3.63, 3.8) is 0 Å². The number of amides is 1. The maximum atomic E-state index is 12.9. The van der Waals surface area contributed by atoms with Crippen molar-refractivity contribution in [3.05, 3.63) is 78.1 Å². The Balaban J connectivity index is 0.000000260. The number of rotatable bonds is 13. The molecule has 0 radical (unpaired) electrons. The van der Waals surface area contributed by atoms with E-state index in [1.807, 2.05) is 11.8 Å². The highest BCUT2D eigenvalue weighted by Crippen LogP contribution is 2.41. The summed E-state index contributed by atoms with van der Waals surface area (Å²) in [5.41, 5.74) is 5.09. The van der Waals surface area contributed by atoms with Crippen LogP contribution in [0.1, 0.15) is 59.1 Å². The van der Waals surface area contributed by atoms with Gasteiger partial charge in [0.05, 0.1) is 11.3 Å². The summed E-state index contributed by atoms with van der Waals surface area (Å²) in [4.78, 5) is 55.5. The van der Waals surface area contributed by atoms with Gasteiger partial charge in [0.25, 0.3) is 0 Å². The SMILES string of the molecule is C=C(C)C(=O)OCC(CC)(COC(=O)C(=C)C)COC(=O)C(=C)C.CCN(CC)C(=O)[C@@H]1C=C2c3cccc4[nH]cc(c34)C[C@H]2N(C)C1. The molecule has 1 aromatic heterocycles. The lowest BCUT2D eigenvalue weighted by molar-refractivity contribution is -0.157. The molecule has 1 aliphatic heterocycles. The number of aromatic amines is 1. The van der Waals surface area contributed by atoms with Gasteiger partial charge in [0, 0.05) is 59.5 Å². The average molecular weight is 662 g/mol. The standard InChI is InChI=1S/C20H25N3O.C18H26O6/c1-4-23(5-2)20(24)14-9-16-15-7-6-8-17-19(15)13(11-21-17)10-18(16)22(3)12-14;1-8-18(9-22-15(19)12(2)3,10-23-16(20)13(4)5)11-24-17(21)14(6)7/h6-9,11,14,18,21H,4-5,10,12H2,1-3H3;2,4,6,8-11H2,1,3,5,7H3/t14-,18-;/m1./s1. The van der Waals surface area contributed by atoms with Gasteiger partial charge in [0.2, 0.25) is 5.91 Å². The first-order chi connectivity index (χ1) is 22.7. The van der Waals surface area contributed by atoms with E-state index in [1.54, 1.807) is 0 Å². The lowest BCUT2D eigenvalue weighted by Crippen LogP contribution is -2.47. The number of benzene rings is 1. The van der Waals surface area contributed by atoms with Gasteiger partial charge in [-0.05, 0) is 77.3 Å². The molecule has 10 heteroatoms. The van der Waals surface area contributed by atoms with Crippen LogP contribution in [0.5, 0.6) is 0 Å². The molecule has 0 fully saturated rings. The molecule has 1 aliphatic carbocycles. The van der Waals surface area contributed by atoms with E-state index in [1.165, 1.54) is 48.4 Å². The largest absolute Gasteiger partial charge is 0.461 e. The Morgan fingerprint density at radius 3 is 1.88 bits per heavy atom. The molecular weight excluding hydrogens is 610 g/mol. The zero-order valence-electron chi connectivity index (χ0n) is 29.6. The Kier molecular flexibility index (Phi) is 13.1. The van der Waals surface area contributed by atoms with Gasteiger partial charge in [0.15, 0.2) is 0 Å². The first kappa shape index (κ1) is 38.0. The van der Waals surface area contributed by atoms with E-state index in [4.69, 9.17) is 14.2 Å². The van der Waals surface area contributed by atoms with E-state index < -0.39 is 23.3 Å². The number of esters is 3. The molecule has 1 amide bonds. The molecule has 0 saturated heterocycles. The molecule has 48 heavy (non-hydrogen) atoms. The Bertz CT molecular complexity index is 1520. The van der Waals surface area contributed by atoms with Crippen LogP contribution in [-0.2, 0) is 39.8 Å². The molecule has 2 atom stereocenters. The van der Waals surface area contributed by atoms with Gasteiger partial charge in [-0.15, -0.1) is 0 Å². The number of likely N-dealkylation sites (N-methyl/N-ethyl adjacent to an activating group) is 1. The third-order valence-corrected chi connectivity index (χ3v) is 8.98. The number of H-pyrrole nitrogens is 1. The number of carbonyl (C=O) groups excluding carboxylic acids is 4. The molecule has 0 unspecified atom stereocenters. The fourth-order valence-electron chi connectivity index (χ4n) is 5.83. The second-order valence-electron chi connectivity index (χ2n) is 12.9. The molecule has 4 rings (SSSR count). The van der Waals surface area contributed by atoms with Crippen LogP contribution in [-0.4, -0.2) is 91.1 Å². The van der Waals surface area contributed by atoms with Gasteiger partial charge in [0.1, 0.15) is 19.8 Å². The van der Waals surface area contributed by atoms with Crippen molar-refractivity contribution in [2.24, 2.45) is 11.3 Å². The van der Waals surface area contributed by atoms with E-state index in [-0.39, 0.29) is 48.4 Å². The smallest absolute Gasteiger partial charge is 0.333 e. The van der Waals surface area contributed by atoms with Gasteiger partial charge in [-0.2, -0.15) is 0 Å². The predicted molar refractivity (Wildman–Crippen MR) is 188 cm³/mol. The Labute approximate surface area is 284 Å². The minimum absolute atomic E-state index is 0.0445. The summed E-state index contributed by atoms with van der Waals surface area (Å²) < 4.78 is 15.5. The highest BCUT2D eigenvalue weighted by Gasteiger charge is 2.37. The van der Waals surface area contributed by atoms with Gasteiger partial charge in [-0.25, -0.2) is 14.4 Å². The van der Waals surface area contributed by atoms with Gasteiger partial charge in [-0.3, -0.25) is 9.69 Å². The van der Waals surface area contributed by atoms with Crippen molar-refractivity contribution in [2.75, 3.05) is 46.5 Å². The highest BCUT2D eigenvalue weighted by molar-refractivity contribution is 5.99. The number of fused-ring (bicyclic) bond motifs is 2. The molecule has 2 aliphatic rings. The maximum Gasteiger partial charge on any atom is 0.333 e. The number of hydrogen-bond donors (Lipinski definition) is 1. The molecule has 10 nitrogen and oxygen atoms in total. The molecule has 1 aromatic carbocycles. The summed E-state index contributed by atoms with van der Waals surface area (Å²) in [6.07, 6.45) is 5.86. The van der Waals surface area contributed by atoms with E-state index in [2.05, 4.69) is 81.0 Å². The van der Waals surface area contributed by atoms with Crippen LogP contribution in [0.25, 0.3) is 16.5 Å². The van der Waals surface area contributed by atoms with E-state index in [0.29, 0.717) is 12.5 Å². The van der Waals surface area contributed by atoms with Crippen molar-refractivity contribution >= 4 is 40.3 Å². The summed E-state index contributed by atoms with van der Waals surface area (Å²) in [7, 11) is 2.15. The zero-order valence-corrected chi connectivity index (χ0v) is 29.6. The molecule has 260 valence electrons. The van der Waals surface area contributed by atoms with E-state index >= 15 is 0 Å². The number of nitrogens with zero attached hydrogens (tertiary/aromatic N) is 2. The van der Waals surface area contributed by atoms with E-state index in [9.17, 15) is 19.2 Å². The third kappa shape index (κ3) is 8.92. The van der Waals surface area contributed by atoms with Crippen molar-refractivity contribution in [1.82, 2.24) is 14.8 Å². The second kappa shape index (κ2) is 16.6. The summed E-state index contributed by atoms with van der Waals surface area (Å²) in [5.74, 6) is -1.48. The van der Waals surface area contributed by atoms with Crippen LogP contribution in [0.2, 0.25) is 0 Å². The fraction of sp³-hybridized carbons (Fsp3) is 0.474. The van der Waals surface area contributed by atoms with Crippen LogP contribution < -0.4 is 0 Å². The van der Waals surface area contributed by atoms with E-state index in [0.717, 1.165) is 26.1 Å². The summed E-state index contributed by atoms with van der Waals surface area (Å²) in [6, 6.07) is 6.82. The molecule has 2 heterocycles. The maximum absolute atomic E-state index is 12.9. The molecule has 2 aromatic rings. The molecular formula is C38H51N3O7. The fourth-order valence-corrected chi connectivity index (χ4v) is 5.83. The van der Waals surface area contributed by atoms with Gasteiger partial charge >= 0.3 is 17.9 Å². The first-order valence-electron chi connectivity index (χ1n) is 16.5. The number of nitrogens with one attached hydrogen (secondary N) is 1. The molecule has 0 saturated carbocycles. The first-order valence-corrected chi connectivity index (χ1v) is 16.5. The van der Waals surface area contributed by atoms with Crippen molar-refractivity contribution in [3.8, 4) is 0 Å². The zero-order chi connectivity index (χ0) is 35.8. The van der Waals surface area contributed by atoms with Crippen molar-refractivity contribution in [2.45, 2.75) is 60.4 Å². The topological polar surface area (TPSA) is 118 Å². The van der Waals surface area contributed by atoms with Crippen LogP contribution >= 0.6 is 0 Å². The summed E-state index contributed by atoms with van der Waals surface area (Å²) in [6.45, 7) is 23.1. The highest BCUT2D eigenvalue weighted by atomic mass is 16.6. The second-order valence-corrected chi connectivity index (χ2v) is 12.9. The lowest BCUT2D eigenvalue weighted by atomic mass is 9.79. The minimum atomic E-state index is -0.860. The lowest BCUT2D eigenvalue weighted by Gasteiger charge is -2.40. The predicted octanol–water partition coefficient (Wildman–Crippen LogP) is 5.65. The Morgan fingerprint density at radius 2 is 1.42 bits per heavy atom.